The number of carboxylic acid groups (broad SMARTS) is 1. The van der Waals surface area contributed by atoms with Gasteiger partial charge in [0.1, 0.15) is 17.0 Å². The summed E-state index contributed by atoms with van der Waals surface area (Å²) in [6.07, 6.45) is -4.51. The summed E-state index contributed by atoms with van der Waals surface area (Å²) in [5.74, 6) is -3.12. The van der Waals surface area contributed by atoms with Crippen molar-refractivity contribution in [1.82, 2.24) is 4.90 Å². The summed E-state index contributed by atoms with van der Waals surface area (Å²) >= 11 is 0. The number of amides is 1. The third-order valence-electron chi connectivity index (χ3n) is 5.13. The van der Waals surface area contributed by atoms with Gasteiger partial charge < -0.3 is 20.1 Å². The van der Waals surface area contributed by atoms with Gasteiger partial charge in [-0.25, -0.2) is 14.0 Å². The first kappa shape index (κ1) is 24.3. The second-order valence-electron chi connectivity index (χ2n) is 8.84. The molecule has 2 aromatic carbocycles. The van der Waals surface area contributed by atoms with Crippen molar-refractivity contribution in [2.45, 2.75) is 44.9 Å². The van der Waals surface area contributed by atoms with Crippen molar-refractivity contribution in [2.24, 2.45) is 0 Å². The summed E-state index contributed by atoms with van der Waals surface area (Å²) in [6, 6.07) is 7.32. The lowest BCUT2D eigenvalue weighted by atomic mass is 9.98. The molecule has 0 spiro atoms. The molecule has 0 aromatic heterocycles. The zero-order valence-electron chi connectivity index (χ0n) is 18.3. The molecule has 0 aliphatic carbocycles. The number of aromatic carboxylic acids is 1. The molecular formula is C23H24F4N2O4. The van der Waals surface area contributed by atoms with Gasteiger partial charge in [0.15, 0.2) is 0 Å². The second-order valence-corrected chi connectivity index (χ2v) is 8.84. The van der Waals surface area contributed by atoms with E-state index in [1.54, 1.807) is 49.9 Å². The van der Waals surface area contributed by atoms with Crippen molar-refractivity contribution >= 4 is 23.4 Å². The van der Waals surface area contributed by atoms with Crippen molar-refractivity contribution < 1.29 is 37.0 Å². The fourth-order valence-electron chi connectivity index (χ4n) is 3.61. The average Bonchev–Trinajstić information content (AvgIpc) is 3.16. The Morgan fingerprint density at radius 2 is 1.76 bits per heavy atom. The summed E-state index contributed by atoms with van der Waals surface area (Å²) in [5.41, 5.74) is -2.07. The molecule has 0 radical (unpaired) electrons. The monoisotopic (exact) mass is 468 g/mol. The number of hydrogen-bond donors (Lipinski definition) is 2. The van der Waals surface area contributed by atoms with Gasteiger partial charge in [-0.15, -0.1) is 0 Å². The lowest BCUT2D eigenvalue weighted by molar-refractivity contribution is -0.137. The smallest absolute Gasteiger partial charge is 0.416 e. The van der Waals surface area contributed by atoms with Gasteiger partial charge in [-0.1, -0.05) is 12.1 Å². The minimum atomic E-state index is -4.83. The van der Waals surface area contributed by atoms with Crippen LogP contribution in [0.2, 0.25) is 0 Å². The first-order valence-electron chi connectivity index (χ1n) is 10.2. The van der Waals surface area contributed by atoms with E-state index in [0.29, 0.717) is 31.3 Å². The zero-order chi connectivity index (χ0) is 24.6. The summed E-state index contributed by atoms with van der Waals surface area (Å²) in [7, 11) is 0. The van der Waals surface area contributed by atoms with Crippen LogP contribution in [-0.2, 0) is 10.9 Å². The number of nitrogens with one attached hydrogen (secondary N) is 1. The summed E-state index contributed by atoms with van der Waals surface area (Å²) in [4.78, 5) is 25.3. The van der Waals surface area contributed by atoms with Crippen LogP contribution < -0.4 is 5.32 Å². The fraction of sp³-hybridized carbons (Fsp3) is 0.391. The minimum Gasteiger partial charge on any atom is -0.478 e. The van der Waals surface area contributed by atoms with E-state index in [2.05, 4.69) is 5.32 Å². The number of anilines is 2. The standard InChI is InChI=1S/C23H24F4N2O4/c1-22(2,3)33-21(32)29-9-8-14(12-29)13-4-6-16(7-5-13)28-18-11-15(23(25,26)27)10-17(24)19(18)20(30)31/h4-7,10-11,14,28H,8-9,12H2,1-3H3,(H,30,31). The number of halogens is 4. The molecule has 0 bridgehead atoms. The van der Waals surface area contributed by atoms with Crippen molar-refractivity contribution in [2.75, 3.05) is 18.4 Å². The van der Waals surface area contributed by atoms with Crippen molar-refractivity contribution in [1.29, 1.82) is 0 Å². The van der Waals surface area contributed by atoms with Gasteiger partial charge in [-0.3, -0.25) is 0 Å². The number of carboxylic acids is 1. The van der Waals surface area contributed by atoms with Crippen LogP contribution >= 0.6 is 0 Å². The molecule has 1 atom stereocenters. The highest BCUT2D eigenvalue weighted by Crippen LogP contribution is 2.35. The van der Waals surface area contributed by atoms with Gasteiger partial charge in [0.2, 0.25) is 0 Å². The van der Waals surface area contributed by atoms with Crippen molar-refractivity contribution in [3.63, 3.8) is 0 Å². The van der Waals surface area contributed by atoms with Gasteiger partial charge in [0, 0.05) is 24.7 Å². The molecule has 1 amide bonds. The van der Waals surface area contributed by atoms with Crippen LogP contribution in [0.1, 0.15) is 54.6 Å². The first-order valence-corrected chi connectivity index (χ1v) is 10.2. The van der Waals surface area contributed by atoms with E-state index in [4.69, 9.17) is 4.74 Å². The largest absolute Gasteiger partial charge is 0.478 e. The highest BCUT2D eigenvalue weighted by molar-refractivity contribution is 5.95. The molecule has 2 N–H and O–H groups in total. The molecule has 2 aromatic rings. The van der Waals surface area contributed by atoms with Crippen LogP contribution in [0.15, 0.2) is 36.4 Å². The quantitative estimate of drug-likeness (QED) is 0.538. The van der Waals surface area contributed by atoms with Gasteiger partial charge in [0.25, 0.3) is 0 Å². The molecule has 1 heterocycles. The second kappa shape index (κ2) is 8.92. The number of ether oxygens (including phenoxy) is 1. The molecule has 10 heteroatoms. The SMILES string of the molecule is CC(C)(C)OC(=O)N1CCC(c2ccc(Nc3cc(C(F)(F)F)cc(F)c3C(=O)O)cc2)C1. The van der Waals surface area contributed by atoms with E-state index in [1.165, 1.54) is 0 Å². The van der Waals surface area contributed by atoms with E-state index in [1.807, 2.05) is 0 Å². The first-order chi connectivity index (χ1) is 15.2. The van der Waals surface area contributed by atoms with Gasteiger partial charge in [0.05, 0.1) is 11.3 Å². The Morgan fingerprint density at radius 1 is 1.12 bits per heavy atom. The highest BCUT2D eigenvalue weighted by atomic mass is 19.4. The molecule has 1 fully saturated rings. The predicted octanol–water partition coefficient (Wildman–Crippen LogP) is 6.01. The number of rotatable bonds is 4. The normalized spacial score (nSPS) is 16.6. The van der Waals surface area contributed by atoms with Crippen LogP contribution in [0.3, 0.4) is 0 Å². The Kier molecular flexibility index (Phi) is 6.58. The summed E-state index contributed by atoms with van der Waals surface area (Å²) < 4.78 is 58.6. The number of likely N-dealkylation sites (tertiary alicyclic amines) is 1. The van der Waals surface area contributed by atoms with E-state index in [0.717, 1.165) is 5.56 Å². The maximum absolute atomic E-state index is 14.1. The lowest BCUT2D eigenvalue weighted by Crippen LogP contribution is -2.35. The van der Waals surface area contributed by atoms with E-state index >= 15 is 0 Å². The van der Waals surface area contributed by atoms with Gasteiger partial charge >= 0.3 is 18.2 Å². The maximum atomic E-state index is 14.1. The predicted molar refractivity (Wildman–Crippen MR) is 113 cm³/mol. The summed E-state index contributed by atoms with van der Waals surface area (Å²) in [5, 5.41) is 11.8. The molecule has 0 saturated carbocycles. The lowest BCUT2D eigenvalue weighted by Gasteiger charge is -2.24. The molecule has 1 aliphatic rings. The Labute approximate surface area is 188 Å². The zero-order valence-corrected chi connectivity index (χ0v) is 18.3. The van der Waals surface area contributed by atoms with Crippen LogP contribution in [0.5, 0.6) is 0 Å². The third-order valence-corrected chi connectivity index (χ3v) is 5.13. The van der Waals surface area contributed by atoms with Crippen LogP contribution in [-0.4, -0.2) is 40.8 Å². The molecule has 1 saturated heterocycles. The Bertz CT molecular complexity index is 1050. The molecule has 33 heavy (non-hydrogen) atoms. The maximum Gasteiger partial charge on any atom is 0.416 e. The Balaban J connectivity index is 1.76. The van der Waals surface area contributed by atoms with E-state index in [-0.39, 0.29) is 12.0 Å². The Hall–Kier alpha value is -3.30. The number of hydrogen-bond acceptors (Lipinski definition) is 4. The fourth-order valence-corrected chi connectivity index (χ4v) is 3.61. The minimum absolute atomic E-state index is 0.0483. The average molecular weight is 468 g/mol. The summed E-state index contributed by atoms with van der Waals surface area (Å²) in [6.45, 7) is 6.36. The molecule has 1 aliphatic heterocycles. The van der Waals surface area contributed by atoms with E-state index < -0.39 is 46.5 Å². The van der Waals surface area contributed by atoms with Crippen molar-refractivity contribution in [3.05, 3.63) is 58.9 Å². The van der Waals surface area contributed by atoms with E-state index in [9.17, 15) is 32.3 Å². The van der Waals surface area contributed by atoms with Gasteiger partial charge in [-0.05, 0) is 57.0 Å². The van der Waals surface area contributed by atoms with Crippen LogP contribution in [0, 0.1) is 5.82 Å². The van der Waals surface area contributed by atoms with Crippen LogP contribution in [0.25, 0.3) is 0 Å². The molecular weight excluding hydrogens is 444 g/mol. The highest BCUT2D eigenvalue weighted by Gasteiger charge is 2.34. The number of nitrogens with zero attached hydrogens (tertiary/aromatic N) is 1. The number of carbonyl (C=O) groups is 2. The molecule has 1 unspecified atom stereocenters. The van der Waals surface area contributed by atoms with Gasteiger partial charge in [-0.2, -0.15) is 13.2 Å². The topological polar surface area (TPSA) is 78.9 Å². The Morgan fingerprint density at radius 3 is 2.30 bits per heavy atom. The molecule has 3 rings (SSSR count). The molecule has 178 valence electrons. The number of alkyl halides is 3. The van der Waals surface area contributed by atoms with Crippen molar-refractivity contribution in [3.8, 4) is 0 Å². The number of carbonyl (C=O) groups excluding carboxylic acids is 1. The number of benzene rings is 2. The van der Waals surface area contributed by atoms with Crippen LogP contribution in [0.4, 0.5) is 33.7 Å². The molecule has 6 nitrogen and oxygen atoms in total. The third kappa shape index (κ3) is 5.94.